The van der Waals surface area contributed by atoms with E-state index in [1.807, 2.05) is 20.2 Å². The van der Waals surface area contributed by atoms with Crippen molar-refractivity contribution in [1.82, 2.24) is 10.2 Å². The number of hydrogen-bond donors (Lipinski definition) is 1. The lowest BCUT2D eigenvalue weighted by Gasteiger charge is -2.22. The smallest absolute Gasteiger partial charge is 0.193 e. The van der Waals surface area contributed by atoms with Crippen LogP contribution in [0, 0.1) is 5.92 Å². The number of benzene rings is 2. The summed E-state index contributed by atoms with van der Waals surface area (Å²) in [5.41, 5.74) is 1.22. The van der Waals surface area contributed by atoms with Gasteiger partial charge < -0.3 is 19.7 Å². The first-order chi connectivity index (χ1) is 12.7. The summed E-state index contributed by atoms with van der Waals surface area (Å²) < 4.78 is 11.0. The lowest BCUT2D eigenvalue weighted by atomic mass is 10.1. The minimum atomic E-state index is 0.738. The Labute approximate surface area is 156 Å². The molecule has 0 atom stereocenters. The fraction of sp³-hybridized carbons (Fsp3) is 0.476. The van der Waals surface area contributed by atoms with Gasteiger partial charge in [-0.3, -0.25) is 4.99 Å². The summed E-state index contributed by atoms with van der Waals surface area (Å²) >= 11 is 0. The summed E-state index contributed by atoms with van der Waals surface area (Å²) in [7, 11) is 5.55. The highest BCUT2D eigenvalue weighted by Gasteiger charge is 2.21. The number of aliphatic imine (C=N–C) groups is 1. The van der Waals surface area contributed by atoms with Gasteiger partial charge in [0.05, 0.1) is 13.7 Å². The minimum absolute atomic E-state index is 0.738. The summed E-state index contributed by atoms with van der Waals surface area (Å²) in [5, 5.41) is 5.82. The highest BCUT2D eigenvalue weighted by Crippen LogP contribution is 2.28. The van der Waals surface area contributed by atoms with Crippen molar-refractivity contribution >= 4 is 16.7 Å². The SMILES string of the molecule is CN=C(NCc1ccc2cc(OC)ccc2c1)N(C)CCOCC1CC1. The Morgan fingerprint density at radius 3 is 2.69 bits per heavy atom. The number of nitrogens with one attached hydrogen (secondary N) is 1. The van der Waals surface area contributed by atoms with Gasteiger partial charge in [-0.1, -0.05) is 18.2 Å². The second-order valence-electron chi connectivity index (χ2n) is 6.89. The number of methoxy groups -OCH3 is 1. The van der Waals surface area contributed by atoms with Crippen LogP contribution in [-0.2, 0) is 11.3 Å². The molecule has 0 spiro atoms. The maximum atomic E-state index is 5.72. The first-order valence-corrected chi connectivity index (χ1v) is 9.26. The van der Waals surface area contributed by atoms with Gasteiger partial charge >= 0.3 is 0 Å². The Bertz CT molecular complexity index is 756. The van der Waals surface area contributed by atoms with Crippen molar-refractivity contribution in [1.29, 1.82) is 0 Å². The third kappa shape index (κ3) is 5.11. The van der Waals surface area contributed by atoms with Crippen LogP contribution in [0.25, 0.3) is 10.8 Å². The summed E-state index contributed by atoms with van der Waals surface area (Å²) in [4.78, 5) is 6.48. The maximum absolute atomic E-state index is 5.72. The van der Waals surface area contributed by atoms with Crippen LogP contribution in [0.3, 0.4) is 0 Å². The van der Waals surface area contributed by atoms with Crippen LogP contribution in [0.4, 0.5) is 0 Å². The van der Waals surface area contributed by atoms with E-state index >= 15 is 0 Å². The van der Waals surface area contributed by atoms with E-state index in [0.29, 0.717) is 0 Å². The molecular formula is C21H29N3O2. The van der Waals surface area contributed by atoms with Crippen molar-refractivity contribution in [3.8, 4) is 5.75 Å². The Kier molecular flexibility index (Phi) is 6.34. The Morgan fingerprint density at radius 2 is 1.96 bits per heavy atom. The Morgan fingerprint density at radius 1 is 1.19 bits per heavy atom. The number of likely N-dealkylation sites (N-methyl/N-ethyl adjacent to an activating group) is 1. The van der Waals surface area contributed by atoms with Gasteiger partial charge in [-0.25, -0.2) is 0 Å². The number of guanidine groups is 1. The molecule has 1 saturated carbocycles. The van der Waals surface area contributed by atoms with Crippen LogP contribution < -0.4 is 10.1 Å². The molecule has 140 valence electrons. The first-order valence-electron chi connectivity index (χ1n) is 9.26. The van der Waals surface area contributed by atoms with E-state index in [1.165, 1.54) is 29.2 Å². The second-order valence-corrected chi connectivity index (χ2v) is 6.89. The topological polar surface area (TPSA) is 46.1 Å². The number of hydrogen-bond acceptors (Lipinski definition) is 3. The van der Waals surface area contributed by atoms with E-state index in [0.717, 1.165) is 43.9 Å². The molecule has 0 amide bonds. The van der Waals surface area contributed by atoms with Gasteiger partial charge in [0.25, 0.3) is 0 Å². The normalized spacial score (nSPS) is 14.5. The van der Waals surface area contributed by atoms with E-state index < -0.39 is 0 Å². The van der Waals surface area contributed by atoms with Crippen molar-refractivity contribution in [2.24, 2.45) is 10.9 Å². The second kappa shape index (κ2) is 8.90. The lowest BCUT2D eigenvalue weighted by Crippen LogP contribution is -2.40. The molecule has 1 aliphatic carbocycles. The average Bonchev–Trinajstić information content (AvgIpc) is 3.49. The molecule has 26 heavy (non-hydrogen) atoms. The maximum Gasteiger partial charge on any atom is 0.193 e. The summed E-state index contributed by atoms with van der Waals surface area (Å²) in [5.74, 6) is 2.58. The third-order valence-corrected chi connectivity index (χ3v) is 4.76. The molecule has 0 saturated heterocycles. The van der Waals surface area contributed by atoms with Crippen LogP contribution in [-0.4, -0.2) is 51.8 Å². The van der Waals surface area contributed by atoms with Crippen molar-refractivity contribution in [3.63, 3.8) is 0 Å². The average molecular weight is 355 g/mol. The fourth-order valence-corrected chi connectivity index (χ4v) is 2.92. The van der Waals surface area contributed by atoms with E-state index in [2.05, 4.69) is 45.5 Å². The lowest BCUT2D eigenvalue weighted by molar-refractivity contribution is 0.115. The van der Waals surface area contributed by atoms with E-state index in [4.69, 9.17) is 9.47 Å². The first kappa shape index (κ1) is 18.5. The molecule has 0 bridgehead atoms. The zero-order valence-electron chi connectivity index (χ0n) is 16.0. The van der Waals surface area contributed by atoms with Gasteiger partial charge in [-0.2, -0.15) is 0 Å². The van der Waals surface area contributed by atoms with Crippen LogP contribution in [0.15, 0.2) is 41.4 Å². The van der Waals surface area contributed by atoms with Crippen molar-refractivity contribution < 1.29 is 9.47 Å². The third-order valence-electron chi connectivity index (χ3n) is 4.76. The van der Waals surface area contributed by atoms with Crippen LogP contribution in [0.2, 0.25) is 0 Å². The molecule has 2 aromatic carbocycles. The van der Waals surface area contributed by atoms with Gasteiger partial charge in [0.15, 0.2) is 5.96 Å². The fourth-order valence-electron chi connectivity index (χ4n) is 2.92. The Hall–Kier alpha value is -2.27. The largest absolute Gasteiger partial charge is 0.497 e. The van der Waals surface area contributed by atoms with Crippen LogP contribution >= 0.6 is 0 Å². The molecule has 0 unspecified atom stereocenters. The van der Waals surface area contributed by atoms with E-state index in [-0.39, 0.29) is 0 Å². The molecule has 2 aromatic rings. The molecule has 5 nitrogen and oxygen atoms in total. The van der Waals surface area contributed by atoms with E-state index in [1.54, 1.807) is 7.11 Å². The molecule has 0 radical (unpaired) electrons. The molecule has 3 rings (SSSR count). The molecule has 0 heterocycles. The van der Waals surface area contributed by atoms with Crippen molar-refractivity contribution in [2.45, 2.75) is 19.4 Å². The molecule has 5 heteroatoms. The zero-order chi connectivity index (χ0) is 18.4. The highest BCUT2D eigenvalue weighted by molar-refractivity contribution is 5.85. The number of fused-ring (bicyclic) bond motifs is 1. The van der Waals surface area contributed by atoms with Crippen molar-refractivity contribution in [2.75, 3.05) is 41.0 Å². The van der Waals surface area contributed by atoms with E-state index in [9.17, 15) is 0 Å². The number of nitrogens with zero attached hydrogens (tertiary/aromatic N) is 2. The summed E-state index contributed by atoms with van der Waals surface area (Å²) in [6.07, 6.45) is 2.66. The summed E-state index contributed by atoms with van der Waals surface area (Å²) in [6, 6.07) is 12.6. The number of ether oxygens (including phenoxy) is 2. The van der Waals surface area contributed by atoms with Gasteiger partial charge in [0.2, 0.25) is 0 Å². The molecular weight excluding hydrogens is 326 g/mol. The van der Waals surface area contributed by atoms with Gasteiger partial charge in [-0.05, 0) is 53.3 Å². The summed E-state index contributed by atoms with van der Waals surface area (Å²) in [6.45, 7) is 3.22. The quantitative estimate of drug-likeness (QED) is 0.448. The predicted molar refractivity (Wildman–Crippen MR) is 107 cm³/mol. The minimum Gasteiger partial charge on any atom is -0.497 e. The van der Waals surface area contributed by atoms with Crippen LogP contribution in [0.5, 0.6) is 5.75 Å². The van der Waals surface area contributed by atoms with Gasteiger partial charge in [0, 0.05) is 33.8 Å². The highest BCUT2D eigenvalue weighted by atomic mass is 16.5. The Balaban J connectivity index is 1.51. The molecule has 1 N–H and O–H groups in total. The molecule has 0 aliphatic heterocycles. The van der Waals surface area contributed by atoms with Gasteiger partial charge in [0.1, 0.15) is 5.75 Å². The standard InChI is InChI=1S/C21H29N3O2/c1-22-21(24(2)10-11-26-15-16-4-5-16)23-14-17-6-7-19-13-20(25-3)9-8-18(19)12-17/h6-9,12-13,16H,4-5,10-11,14-15H2,1-3H3,(H,22,23). The number of rotatable bonds is 8. The molecule has 0 aromatic heterocycles. The predicted octanol–water partition coefficient (Wildman–Crippen LogP) is 3.28. The van der Waals surface area contributed by atoms with Gasteiger partial charge in [-0.15, -0.1) is 0 Å². The zero-order valence-corrected chi connectivity index (χ0v) is 16.0. The van der Waals surface area contributed by atoms with Crippen LogP contribution in [0.1, 0.15) is 18.4 Å². The van der Waals surface area contributed by atoms with Crippen molar-refractivity contribution in [3.05, 3.63) is 42.0 Å². The molecule has 1 fully saturated rings. The molecule has 1 aliphatic rings. The monoisotopic (exact) mass is 355 g/mol.